The number of hydrazine groups is 1. The van der Waals surface area contributed by atoms with Gasteiger partial charge in [0.1, 0.15) is 17.0 Å². The van der Waals surface area contributed by atoms with Gasteiger partial charge in [-0.1, -0.05) is 45.0 Å². The second-order valence-electron chi connectivity index (χ2n) is 8.52. The second-order valence-corrected chi connectivity index (χ2v) is 8.52. The number of benzene rings is 2. The predicted molar refractivity (Wildman–Crippen MR) is 115 cm³/mol. The molecule has 0 radical (unpaired) electrons. The average Bonchev–Trinajstić information content (AvgIpc) is 2.96. The van der Waals surface area contributed by atoms with Crippen LogP contribution in [0.4, 0.5) is 4.79 Å². The number of rotatable bonds is 6. The van der Waals surface area contributed by atoms with Crippen molar-refractivity contribution in [1.29, 1.82) is 0 Å². The number of ether oxygens (including phenoxy) is 2. The third-order valence-corrected chi connectivity index (χ3v) is 5.18. The van der Waals surface area contributed by atoms with E-state index in [1.54, 1.807) is 43.3 Å². The van der Waals surface area contributed by atoms with Crippen molar-refractivity contribution < 1.29 is 23.9 Å². The van der Waals surface area contributed by atoms with Gasteiger partial charge in [-0.3, -0.25) is 15.0 Å². The van der Waals surface area contributed by atoms with Crippen molar-refractivity contribution in [3.05, 3.63) is 59.7 Å². The fourth-order valence-corrected chi connectivity index (χ4v) is 3.22. The number of carbonyl (C=O) groups excluding carboxylic acids is 3. The Morgan fingerprint density at radius 3 is 2.16 bits per heavy atom. The summed E-state index contributed by atoms with van der Waals surface area (Å²) in [6, 6.07) is 13.5. The fourth-order valence-electron chi connectivity index (χ4n) is 3.22. The molecule has 1 fully saturated rings. The van der Waals surface area contributed by atoms with Gasteiger partial charge >= 0.3 is 6.03 Å². The summed E-state index contributed by atoms with van der Waals surface area (Å²) in [5, 5.41) is 3.30. The summed E-state index contributed by atoms with van der Waals surface area (Å²) < 4.78 is 10.6. The van der Waals surface area contributed by atoms with Gasteiger partial charge < -0.3 is 14.8 Å². The van der Waals surface area contributed by atoms with Crippen LogP contribution in [0.1, 0.15) is 38.8 Å². The quantitative estimate of drug-likeness (QED) is 0.694. The maximum Gasteiger partial charge on any atom is 0.344 e. The van der Waals surface area contributed by atoms with Crippen molar-refractivity contribution in [2.45, 2.75) is 38.6 Å². The molecule has 1 aliphatic rings. The monoisotopic (exact) mass is 425 g/mol. The minimum absolute atomic E-state index is 0.00984. The second kappa shape index (κ2) is 8.29. The molecule has 31 heavy (non-hydrogen) atoms. The summed E-state index contributed by atoms with van der Waals surface area (Å²) in [6.07, 6.45) is 0. The van der Waals surface area contributed by atoms with Crippen LogP contribution in [0.3, 0.4) is 0 Å². The highest BCUT2D eigenvalue weighted by Gasteiger charge is 2.50. The van der Waals surface area contributed by atoms with E-state index in [2.05, 4.69) is 31.5 Å². The lowest BCUT2D eigenvalue weighted by Gasteiger charge is -2.22. The minimum Gasteiger partial charge on any atom is -0.497 e. The molecule has 0 saturated carbocycles. The van der Waals surface area contributed by atoms with Gasteiger partial charge in [-0.2, -0.15) is 5.01 Å². The number of hydrogen-bond donors (Lipinski definition) is 2. The van der Waals surface area contributed by atoms with Crippen LogP contribution in [-0.4, -0.2) is 36.6 Å². The van der Waals surface area contributed by atoms with Crippen LogP contribution >= 0.6 is 0 Å². The maximum absolute atomic E-state index is 12.9. The third-order valence-electron chi connectivity index (χ3n) is 5.18. The summed E-state index contributed by atoms with van der Waals surface area (Å²) in [5.74, 6) is -0.0710. The van der Waals surface area contributed by atoms with E-state index < -0.39 is 23.4 Å². The van der Waals surface area contributed by atoms with Crippen molar-refractivity contribution in [3.8, 4) is 11.5 Å². The topological polar surface area (TPSA) is 97.0 Å². The Kier molecular flexibility index (Phi) is 5.92. The molecule has 1 saturated heterocycles. The predicted octanol–water partition coefficient (Wildman–Crippen LogP) is 2.87. The smallest absolute Gasteiger partial charge is 0.344 e. The Balaban J connectivity index is 1.62. The van der Waals surface area contributed by atoms with Crippen molar-refractivity contribution in [1.82, 2.24) is 15.8 Å². The first-order valence-electron chi connectivity index (χ1n) is 9.88. The van der Waals surface area contributed by atoms with Crippen molar-refractivity contribution in [3.63, 3.8) is 0 Å². The van der Waals surface area contributed by atoms with Crippen LogP contribution in [0.5, 0.6) is 11.5 Å². The first-order valence-corrected chi connectivity index (χ1v) is 9.88. The highest BCUT2D eigenvalue weighted by molar-refractivity contribution is 6.08. The van der Waals surface area contributed by atoms with Crippen LogP contribution in [0.15, 0.2) is 48.5 Å². The molecule has 3 rings (SSSR count). The number of nitrogens with one attached hydrogen (secondary N) is 2. The first kappa shape index (κ1) is 22.1. The van der Waals surface area contributed by atoms with Crippen LogP contribution in [0, 0.1) is 0 Å². The third kappa shape index (κ3) is 4.63. The summed E-state index contributed by atoms with van der Waals surface area (Å²) >= 11 is 0. The van der Waals surface area contributed by atoms with Gasteiger partial charge in [-0.25, -0.2) is 4.79 Å². The molecule has 2 aromatic rings. The number of amides is 4. The molecule has 4 amide bonds. The average molecular weight is 425 g/mol. The highest BCUT2D eigenvalue weighted by Crippen LogP contribution is 2.29. The van der Waals surface area contributed by atoms with Crippen LogP contribution < -0.4 is 20.2 Å². The van der Waals surface area contributed by atoms with Gasteiger partial charge in [0.05, 0.1) is 7.11 Å². The van der Waals surface area contributed by atoms with E-state index in [-0.39, 0.29) is 12.0 Å². The van der Waals surface area contributed by atoms with Crippen LogP contribution in [-0.2, 0) is 20.5 Å². The van der Waals surface area contributed by atoms with Crippen LogP contribution in [0.2, 0.25) is 0 Å². The molecule has 8 nitrogen and oxygen atoms in total. The molecule has 0 bridgehead atoms. The summed E-state index contributed by atoms with van der Waals surface area (Å²) in [5.41, 5.74) is 2.73. The van der Waals surface area contributed by atoms with E-state index >= 15 is 0 Å². The minimum atomic E-state index is -1.31. The normalized spacial score (nSPS) is 18.5. The zero-order chi connectivity index (χ0) is 22.8. The molecule has 0 spiro atoms. The summed E-state index contributed by atoms with van der Waals surface area (Å²) in [7, 11) is 1.54. The van der Waals surface area contributed by atoms with Crippen molar-refractivity contribution in [2.24, 2.45) is 0 Å². The van der Waals surface area contributed by atoms with E-state index in [1.807, 2.05) is 12.1 Å². The van der Waals surface area contributed by atoms with Gasteiger partial charge in [-0.15, -0.1) is 0 Å². The molecule has 2 aromatic carbocycles. The van der Waals surface area contributed by atoms with Gasteiger partial charge in [-0.05, 0) is 47.7 Å². The molecule has 2 N–H and O–H groups in total. The number of hydrogen-bond acceptors (Lipinski definition) is 5. The maximum atomic E-state index is 12.9. The molecule has 0 aromatic heterocycles. The van der Waals surface area contributed by atoms with Gasteiger partial charge in [0.2, 0.25) is 0 Å². The van der Waals surface area contributed by atoms with E-state index in [4.69, 9.17) is 9.47 Å². The SMILES string of the molecule is COc1ccc([C@@]2(C)NC(=O)N(NC(=O)COc3ccc(C(C)(C)C)cc3)C2=O)cc1. The highest BCUT2D eigenvalue weighted by atomic mass is 16.5. The van der Waals surface area contributed by atoms with Crippen molar-refractivity contribution >= 4 is 17.8 Å². The Bertz CT molecular complexity index is 980. The lowest BCUT2D eigenvalue weighted by atomic mass is 9.87. The number of methoxy groups -OCH3 is 1. The molecule has 1 atom stereocenters. The largest absolute Gasteiger partial charge is 0.497 e. The van der Waals surface area contributed by atoms with E-state index in [9.17, 15) is 14.4 Å². The molecule has 1 heterocycles. The van der Waals surface area contributed by atoms with Crippen LogP contribution in [0.25, 0.3) is 0 Å². The zero-order valence-electron chi connectivity index (χ0n) is 18.3. The Morgan fingerprint density at radius 1 is 1.03 bits per heavy atom. The molecular formula is C23H27N3O5. The van der Waals surface area contributed by atoms with Gasteiger partial charge in [0.25, 0.3) is 11.8 Å². The van der Waals surface area contributed by atoms with Crippen molar-refractivity contribution in [2.75, 3.05) is 13.7 Å². The molecule has 0 unspecified atom stereocenters. The molecule has 8 heteroatoms. The standard InChI is InChI=1S/C23H27N3O5/c1-22(2,3)15-6-12-18(13-7-15)31-14-19(27)25-26-20(28)23(4,24-21(26)29)16-8-10-17(30-5)11-9-16/h6-13H,14H2,1-5H3,(H,24,29)(H,25,27)/t23-/m1/s1. The van der Waals surface area contributed by atoms with Gasteiger partial charge in [0.15, 0.2) is 6.61 Å². The van der Waals surface area contributed by atoms with E-state index in [0.717, 1.165) is 5.56 Å². The summed E-state index contributed by atoms with van der Waals surface area (Å²) in [6.45, 7) is 7.55. The number of carbonyl (C=O) groups is 3. The first-order chi connectivity index (χ1) is 14.5. The van der Waals surface area contributed by atoms with E-state index in [0.29, 0.717) is 22.1 Å². The number of urea groups is 1. The zero-order valence-corrected chi connectivity index (χ0v) is 18.3. The Hall–Kier alpha value is -3.55. The molecular weight excluding hydrogens is 398 g/mol. The molecule has 1 aliphatic heterocycles. The van der Waals surface area contributed by atoms with Gasteiger partial charge in [0, 0.05) is 0 Å². The lowest BCUT2D eigenvalue weighted by molar-refractivity contribution is -0.139. The lowest BCUT2D eigenvalue weighted by Crippen LogP contribution is -2.49. The summed E-state index contributed by atoms with van der Waals surface area (Å²) in [4.78, 5) is 37.5. The molecule has 0 aliphatic carbocycles. The molecule has 164 valence electrons. The fraction of sp³-hybridized carbons (Fsp3) is 0.348. The number of nitrogens with zero attached hydrogens (tertiary/aromatic N) is 1. The van der Waals surface area contributed by atoms with E-state index in [1.165, 1.54) is 7.11 Å². The Morgan fingerprint density at radius 2 is 1.61 bits per heavy atom. The number of imide groups is 1. The Labute approximate surface area is 181 Å².